The second-order valence-corrected chi connectivity index (χ2v) is 5.37. The number of hydrogen-bond donors (Lipinski definition) is 0. The van der Waals surface area contributed by atoms with Gasteiger partial charge in [0.1, 0.15) is 29.8 Å². The van der Waals surface area contributed by atoms with Crippen LogP contribution in [-0.2, 0) is 11.3 Å². The van der Waals surface area contributed by atoms with Crippen LogP contribution >= 0.6 is 11.6 Å². The number of carbonyl (C=O) groups is 1. The van der Waals surface area contributed by atoms with Crippen LogP contribution in [0.4, 0.5) is 13.2 Å². The van der Waals surface area contributed by atoms with Crippen molar-refractivity contribution in [3.8, 4) is 11.9 Å². The Bertz CT molecular complexity index is 869. The summed E-state index contributed by atoms with van der Waals surface area (Å²) in [4.78, 5) is 15.4. The molecule has 0 bridgehead atoms. The van der Waals surface area contributed by atoms with E-state index in [1.807, 2.05) is 0 Å². The van der Waals surface area contributed by atoms with Crippen molar-refractivity contribution in [3.05, 3.63) is 57.5 Å². The highest BCUT2D eigenvalue weighted by Gasteiger charge is 2.25. The van der Waals surface area contributed by atoms with Gasteiger partial charge in [-0.05, 0) is 31.2 Å². The molecule has 26 heavy (non-hydrogen) atoms. The molecule has 0 fully saturated rings. The molecule has 0 radical (unpaired) electrons. The normalized spacial score (nSPS) is 10.5. The SMILES string of the molecule is CCOC(=O)c1cc(C#N)c(OCc2cc(Cl)ccc2F)nc1C(F)F. The zero-order chi connectivity index (χ0) is 19.3. The Hall–Kier alpha value is -2.79. The lowest BCUT2D eigenvalue weighted by Crippen LogP contribution is -2.12. The van der Waals surface area contributed by atoms with Crippen molar-refractivity contribution in [2.45, 2.75) is 20.0 Å². The van der Waals surface area contributed by atoms with Crippen LogP contribution in [0.5, 0.6) is 5.88 Å². The Morgan fingerprint density at radius 2 is 2.12 bits per heavy atom. The van der Waals surface area contributed by atoms with Gasteiger partial charge in [0.05, 0.1) is 12.2 Å². The van der Waals surface area contributed by atoms with Crippen molar-refractivity contribution >= 4 is 17.6 Å². The van der Waals surface area contributed by atoms with Gasteiger partial charge < -0.3 is 9.47 Å². The number of benzene rings is 1. The lowest BCUT2D eigenvalue weighted by molar-refractivity contribution is 0.0513. The highest BCUT2D eigenvalue weighted by Crippen LogP contribution is 2.28. The molecule has 0 aliphatic rings. The molecule has 0 amide bonds. The molecule has 0 saturated heterocycles. The Labute approximate surface area is 151 Å². The number of pyridine rings is 1. The number of carbonyl (C=O) groups excluding carboxylic acids is 1. The molecule has 1 aromatic carbocycles. The standard InChI is InChI=1S/C17H12ClF3N2O3/c1-2-25-17(24)12-6-9(7-22)16(23-14(12)15(20)21)26-8-10-5-11(18)3-4-13(10)19/h3-6,15H,2,8H2,1H3. The smallest absolute Gasteiger partial charge is 0.340 e. The van der Waals surface area contributed by atoms with Crippen molar-refractivity contribution in [3.63, 3.8) is 0 Å². The van der Waals surface area contributed by atoms with E-state index in [0.717, 1.165) is 12.1 Å². The van der Waals surface area contributed by atoms with E-state index in [0.29, 0.717) is 0 Å². The minimum Gasteiger partial charge on any atom is -0.472 e. The van der Waals surface area contributed by atoms with Crippen LogP contribution in [0.25, 0.3) is 0 Å². The molecule has 1 heterocycles. The van der Waals surface area contributed by atoms with Crippen LogP contribution in [0.15, 0.2) is 24.3 Å². The monoisotopic (exact) mass is 384 g/mol. The van der Waals surface area contributed by atoms with Crippen LogP contribution in [-0.4, -0.2) is 17.6 Å². The average Bonchev–Trinajstić information content (AvgIpc) is 2.61. The number of halogens is 4. The molecule has 1 aromatic heterocycles. The molecule has 0 atom stereocenters. The minimum absolute atomic E-state index is 0.0321. The summed E-state index contributed by atoms with van der Waals surface area (Å²) in [7, 11) is 0. The van der Waals surface area contributed by atoms with Gasteiger partial charge in [0, 0.05) is 10.6 Å². The first-order valence-electron chi connectivity index (χ1n) is 7.34. The molecule has 0 spiro atoms. The summed E-state index contributed by atoms with van der Waals surface area (Å²) >= 11 is 5.77. The van der Waals surface area contributed by atoms with Gasteiger partial charge in [0.15, 0.2) is 0 Å². The molecular weight excluding hydrogens is 373 g/mol. The van der Waals surface area contributed by atoms with Gasteiger partial charge in [-0.1, -0.05) is 11.6 Å². The van der Waals surface area contributed by atoms with Crippen LogP contribution < -0.4 is 4.74 Å². The number of aromatic nitrogens is 1. The molecule has 136 valence electrons. The number of ether oxygens (including phenoxy) is 2. The summed E-state index contributed by atoms with van der Waals surface area (Å²) in [6, 6.07) is 6.36. The van der Waals surface area contributed by atoms with Gasteiger partial charge in [-0.25, -0.2) is 22.9 Å². The lowest BCUT2D eigenvalue weighted by Gasteiger charge is -2.12. The molecule has 5 nitrogen and oxygen atoms in total. The van der Waals surface area contributed by atoms with E-state index in [1.165, 1.54) is 19.1 Å². The number of alkyl halides is 2. The summed E-state index contributed by atoms with van der Waals surface area (Å²) < 4.78 is 50.1. The largest absolute Gasteiger partial charge is 0.472 e. The zero-order valence-electron chi connectivity index (χ0n) is 13.4. The predicted octanol–water partition coefficient (Wildman–Crippen LogP) is 4.44. The first-order chi connectivity index (χ1) is 12.4. The topological polar surface area (TPSA) is 72.2 Å². The van der Waals surface area contributed by atoms with Gasteiger partial charge in [0.25, 0.3) is 6.43 Å². The number of rotatable bonds is 6. The summed E-state index contributed by atoms with van der Waals surface area (Å²) in [5.74, 6) is -2.10. The molecular formula is C17H12ClF3N2O3. The van der Waals surface area contributed by atoms with Crippen molar-refractivity contribution in [2.24, 2.45) is 0 Å². The number of esters is 1. The highest BCUT2D eigenvalue weighted by molar-refractivity contribution is 6.30. The lowest BCUT2D eigenvalue weighted by atomic mass is 10.1. The Kier molecular flexibility index (Phi) is 6.41. The van der Waals surface area contributed by atoms with Crippen molar-refractivity contribution in [2.75, 3.05) is 6.61 Å². The average molecular weight is 385 g/mol. The maximum absolute atomic E-state index is 13.7. The fourth-order valence-electron chi connectivity index (χ4n) is 2.04. The molecule has 0 saturated carbocycles. The van der Waals surface area contributed by atoms with Crippen LogP contribution in [0.2, 0.25) is 5.02 Å². The van der Waals surface area contributed by atoms with E-state index < -0.39 is 42.0 Å². The van der Waals surface area contributed by atoms with Gasteiger partial charge in [-0.15, -0.1) is 0 Å². The van der Waals surface area contributed by atoms with E-state index >= 15 is 0 Å². The molecule has 0 aliphatic heterocycles. The molecule has 2 rings (SSSR count). The Balaban J connectivity index is 2.39. The van der Waals surface area contributed by atoms with Crippen molar-refractivity contribution < 1.29 is 27.4 Å². The van der Waals surface area contributed by atoms with E-state index in [4.69, 9.17) is 16.3 Å². The van der Waals surface area contributed by atoms with E-state index in [9.17, 15) is 23.2 Å². The second-order valence-electron chi connectivity index (χ2n) is 4.93. The van der Waals surface area contributed by atoms with Crippen molar-refractivity contribution in [1.29, 1.82) is 5.26 Å². The summed E-state index contributed by atoms with van der Waals surface area (Å²) in [5, 5.41) is 9.43. The summed E-state index contributed by atoms with van der Waals surface area (Å²) in [6.45, 7) is 1.08. The Morgan fingerprint density at radius 1 is 1.38 bits per heavy atom. The van der Waals surface area contributed by atoms with Gasteiger partial charge in [-0.2, -0.15) is 5.26 Å². The molecule has 9 heteroatoms. The van der Waals surface area contributed by atoms with E-state index in [2.05, 4.69) is 9.72 Å². The first kappa shape index (κ1) is 19.5. The quantitative estimate of drug-likeness (QED) is 0.688. The fraction of sp³-hybridized carbons (Fsp3) is 0.235. The van der Waals surface area contributed by atoms with Gasteiger partial charge in [-0.3, -0.25) is 0 Å². The third kappa shape index (κ3) is 4.43. The number of nitrogens with zero attached hydrogens (tertiary/aromatic N) is 2. The van der Waals surface area contributed by atoms with Crippen LogP contribution in [0.1, 0.15) is 40.5 Å². The third-order valence-electron chi connectivity index (χ3n) is 3.21. The first-order valence-corrected chi connectivity index (χ1v) is 7.72. The minimum atomic E-state index is -3.10. The summed E-state index contributed by atoms with van der Waals surface area (Å²) in [6.07, 6.45) is -3.10. The van der Waals surface area contributed by atoms with E-state index in [1.54, 1.807) is 6.07 Å². The third-order valence-corrected chi connectivity index (χ3v) is 3.45. The fourth-order valence-corrected chi connectivity index (χ4v) is 2.23. The highest BCUT2D eigenvalue weighted by atomic mass is 35.5. The molecule has 2 aromatic rings. The Morgan fingerprint density at radius 3 is 2.73 bits per heavy atom. The summed E-state index contributed by atoms with van der Waals surface area (Å²) in [5.41, 5.74) is -1.63. The number of hydrogen-bond acceptors (Lipinski definition) is 5. The van der Waals surface area contributed by atoms with Crippen LogP contribution in [0.3, 0.4) is 0 Å². The van der Waals surface area contributed by atoms with E-state index in [-0.39, 0.29) is 22.8 Å². The molecule has 0 unspecified atom stereocenters. The maximum atomic E-state index is 13.7. The number of nitriles is 1. The molecule has 0 N–H and O–H groups in total. The maximum Gasteiger partial charge on any atom is 0.340 e. The second kappa shape index (κ2) is 8.54. The van der Waals surface area contributed by atoms with Crippen LogP contribution in [0, 0.1) is 17.1 Å². The van der Waals surface area contributed by atoms with Gasteiger partial charge in [0.2, 0.25) is 5.88 Å². The zero-order valence-corrected chi connectivity index (χ0v) is 14.2. The van der Waals surface area contributed by atoms with Crippen molar-refractivity contribution in [1.82, 2.24) is 4.98 Å². The van der Waals surface area contributed by atoms with Gasteiger partial charge >= 0.3 is 5.97 Å². The molecule has 0 aliphatic carbocycles. The predicted molar refractivity (Wildman–Crippen MR) is 85.6 cm³/mol.